The van der Waals surface area contributed by atoms with E-state index in [0.717, 1.165) is 50.5 Å². The fourth-order valence-corrected chi connectivity index (χ4v) is 16.6. The summed E-state index contributed by atoms with van der Waals surface area (Å²) in [6, 6.07) is 0. The van der Waals surface area contributed by atoms with E-state index in [1.807, 2.05) is 0 Å². The van der Waals surface area contributed by atoms with Crippen LogP contribution in [-0.2, 0) is 14.2 Å². The van der Waals surface area contributed by atoms with Gasteiger partial charge in [-0.3, -0.25) is 0 Å². The van der Waals surface area contributed by atoms with E-state index in [4.69, 9.17) is 14.2 Å². The highest BCUT2D eigenvalue weighted by Crippen LogP contribution is 2.44. The van der Waals surface area contributed by atoms with Gasteiger partial charge in [0, 0.05) is 39.5 Å². The Morgan fingerprint density at radius 2 is 0.470 bits per heavy atom. The molecule has 0 aromatic carbocycles. The van der Waals surface area contributed by atoms with E-state index in [1.54, 1.807) is 0 Å². The molecule has 14 rings (SSSR count). The number of hydrogen-bond donors (Lipinski definition) is 3. The zero-order chi connectivity index (χ0) is 76.0. The molecule has 0 aromatic rings. The quantitative estimate of drug-likeness (QED) is 0.164. The number of allylic oxidation sites excluding steroid dienone is 2. The van der Waals surface area contributed by atoms with E-state index < -0.39 is 0 Å². The number of hydrogen-bond acceptors (Lipinski definition) is 8. The maximum absolute atomic E-state index is 5.21. The van der Waals surface area contributed by atoms with Crippen molar-refractivity contribution in [1.29, 1.82) is 0 Å². The van der Waals surface area contributed by atoms with E-state index >= 15 is 0 Å². The average Bonchev–Trinajstić information content (AvgIpc) is 1.21. The van der Waals surface area contributed by atoms with Crippen molar-refractivity contribution in [3.8, 4) is 0 Å². The minimum Gasteiger partial charge on any atom is -0.381 e. The van der Waals surface area contributed by atoms with Crippen molar-refractivity contribution in [3.05, 3.63) is 12.2 Å². The van der Waals surface area contributed by atoms with Crippen LogP contribution >= 0.6 is 23.5 Å². The van der Waals surface area contributed by atoms with Gasteiger partial charge in [-0.2, -0.15) is 23.5 Å². The van der Waals surface area contributed by atoms with Gasteiger partial charge in [-0.05, 0) is 266 Å². The molecule has 0 aromatic heterocycles. The van der Waals surface area contributed by atoms with Crippen molar-refractivity contribution in [2.45, 2.75) is 399 Å². The predicted molar refractivity (Wildman–Crippen MR) is 456 cm³/mol. The largest absolute Gasteiger partial charge is 0.381 e. The van der Waals surface area contributed by atoms with E-state index in [2.05, 4.69) is 245 Å². The Bertz CT molecular complexity index is 1710. The van der Waals surface area contributed by atoms with Gasteiger partial charge in [0.2, 0.25) is 0 Å². The van der Waals surface area contributed by atoms with Gasteiger partial charge in [-0.15, -0.1) is 0 Å². The highest BCUT2D eigenvalue weighted by atomic mass is 32.2. The fraction of sp³-hybridized carbons (Fsp3) is 0.978. The molecule has 0 spiro atoms. The molecule has 0 amide bonds. The molecule has 14 aliphatic rings. The zero-order valence-electron chi connectivity index (χ0n) is 73.6. The van der Waals surface area contributed by atoms with Crippen LogP contribution in [0.1, 0.15) is 399 Å². The van der Waals surface area contributed by atoms with Gasteiger partial charge in [-0.25, -0.2) is 0 Å². The summed E-state index contributed by atoms with van der Waals surface area (Å²) in [4.78, 5) is 0. The molecule has 100 heavy (non-hydrogen) atoms. The highest BCUT2D eigenvalue weighted by molar-refractivity contribution is 7.99. The number of rotatable bonds is 0. The van der Waals surface area contributed by atoms with Crippen molar-refractivity contribution in [3.63, 3.8) is 0 Å². The fourth-order valence-electron chi connectivity index (χ4n) is 13.5. The number of piperidine rings is 1. The Morgan fingerprint density at radius 3 is 0.600 bits per heavy atom. The summed E-state index contributed by atoms with van der Waals surface area (Å²) in [5.74, 6) is 5.50. The minimum absolute atomic E-state index is 0.472. The normalized spacial score (nSPS) is 28.0. The summed E-state index contributed by atoms with van der Waals surface area (Å²) in [6.45, 7) is 78.0. The maximum atomic E-state index is 5.21. The third-order valence-electron chi connectivity index (χ3n) is 23.7. The van der Waals surface area contributed by atoms with Crippen molar-refractivity contribution >= 4 is 23.5 Å². The summed E-state index contributed by atoms with van der Waals surface area (Å²) in [6.07, 6.45) is 49.4. The third kappa shape index (κ3) is 58.3. The second-order valence-corrected chi connectivity index (χ2v) is 46.9. The summed E-state index contributed by atoms with van der Waals surface area (Å²) in [5.41, 5.74) is 8.69. The van der Waals surface area contributed by atoms with Gasteiger partial charge in [-0.1, -0.05) is 270 Å². The van der Waals surface area contributed by atoms with Crippen molar-refractivity contribution in [2.24, 2.45) is 75.8 Å². The Morgan fingerprint density at radius 1 is 0.220 bits per heavy atom. The number of ether oxygens (including phenoxy) is 3. The van der Waals surface area contributed by atoms with Gasteiger partial charge in [0.25, 0.3) is 0 Å². The first kappa shape index (κ1) is 98.2. The monoisotopic (exact) mass is 1440 g/mol. The van der Waals surface area contributed by atoms with E-state index in [0.29, 0.717) is 65.0 Å². The molecular weight excluding hydrogens is 1260 g/mol. The molecule has 6 nitrogen and oxygen atoms in total. The molecule has 5 saturated carbocycles. The first-order valence-corrected chi connectivity index (χ1v) is 44.9. The SMILES string of the molecule is CC1(C)CC1.CC1(C)CC=CC1.CC1(C)CCC1.CC1(C)CCCC1.CC1(C)CCCCC1.CC1(C)CCCCCC1.CC1(C)CCNC1.CC1(C)CCNC1.CC1(C)CCNCC1.CC1(C)CCOC1.CC1(C)CCOC1.CC1(C)CCOCC1.CC1(C)CCSC1.CC1(C)CCSC1. The van der Waals surface area contributed by atoms with E-state index in [9.17, 15) is 0 Å². The van der Waals surface area contributed by atoms with Crippen LogP contribution in [0.3, 0.4) is 0 Å². The summed E-state index contributed by atoms with van der Waals surface area (Å²) in [7, 11) is 0. The molecule has 3 N–H and O–H groups in total. The van der Waals surface area contributed by atoms with Crippen molar-refractivity contribution < 1.29 is 14.2 Å². The van der Waals surface area contributed by atoms with Crippen molar-refractivity contribution in [2.75, 3.05) is 102 Å². The number of nitrogens with one attached hydrogen (secondary N) is 3. The lowest BCUT2D eigenvalue weighted by Crippen LogP contribution is -2.32. The lowest BCUT2D eigenvalue weighted by atomic mass is 9.72. The van der Waals surface area contributed by atoms with Crippen LogP contribution < -0.4 is 16.0 Å². The van der Waals surface area contributed by atoms with Gasteiger partial charge < -0.3 is 30.2 Å². The molecule has 6 aliphatic carbocycles. The molecule has 598 valence electrons. The second-order valence-electron chi connectivity index (χ2n) is 44.6. The van der Waals surface area contributed by atoms with E-state index in [1.165, 1.54) is 268 Å². The Kier molecular flexibility index (Phi) is 46.5. The highest BCUT2D eigenvalue weighted by Gasteiger charge is 2.32. The Labute approximate surface area is 638 Å². The molecule has 13 fully saturated rings. The molecule has 8 heterocycles. The molecule has 8 heteroatoms. The maximum Gasteiger partial charge on any atom is 0.0517 e. The average molecular weight is 1450 g/mol. The zero-order valence-corrected chi connectivity index (χ0v) is 75.3. The lowest BCUT2D eigenvalue weighted by molar-refractivity contribution is 0.0327. The van der Waals surface area contributed by atoms with Crippen LogP contribution in [0, 0.1) is 75.8 Å². The lowest BCUT2D eigenvalue weighted by Gasteiger charge is -2.33. The molecule has 0 atom stereocenters. The second kappa shape index (κ2) is 47.3. The van der Waals surface area contributed by atoms with Gasteiger partial charge in [0.1, 0.15) is 0 Å². The van der Waals surface area contributed by atoms with Crippen LogP contribution in [0.5, 0.6) is 0 Å². The Hall–Kier alpha value is 0.200. The van der Waals surface area contributed by atoms with E-state index in [-0.39, 0.29) is 0 Å². The van der Waals surface area contributed by atoms with Gasteiger partial charge in [0.05, 0.1) is 13.2 Å². The first-order valence-electron chi connectivity index (χ1n) is 42.6. The molecular formula is C92H185N3O3S2. The standard InChI is InChI=1S/C9H18.C8H16.C7H15N.C7H14O.C7H14.C7H12.2C6H13N.2C6H12O.2C6H12S.C6H12.C5H10/c1-9(2)7-5-3-4-6-8-9;1-8(2)6-4-3-5-7-8;2*1-7(2)3-5-8-6-4-7;2*1-7(2)5-3-4-6-7;6*1-6(2)3-4-7-5-6;1-6(2)4-3-5-6;1-5(2)3-4-5/h3-8H2,1-2H3;3-7H2,1-2H3;8H,3-6H2,1-2H3;3-6H2,1-2H3;3-6H2,1-2H3;3-4H,5-6H2,1-2H3;2*7H,3-5H2,1-2H3;4*3-5H2,1-2H3;3-5H2,1-2H3;3-4H2,1-2H3. The van der Waals surface area contributed by atoms with Crippen LogP contribution in [0.25, 0.3) is 0 Å². The predicted octanol–water partition coefficient (Wildman–Crippen LogP) is 27.7. The van der Waals surface area contributed by atoms with Gasteiger partial charge in [0.15, 0.2) is 0 Å². The summed E-state index contributed by atoms with van der Waals surface area (Å²) >= 11 is 4.16. The summed E-state index contributed by atoms with van der Waals surface area (Å²) < 4.78 is 15.5. The van der Waals surface area contributed by atoms with Crippen LogP contribution in [-0.4, -0.2) is 102 Å². The molecule has 0 radical (unpaired) electrons. The first-order chi connectivity index (χ1) is 45.9. The Balaban J connectivity index is 0.000000539. The molecule has 8 saturated heterocycles. The van der Waals surface area contributed by atoms with Crippen molar-refractivity contribution in [1.82, 2.24) is 16.0 Å². The minimum atomic E-state index is 0.472. The topological polar surface area (TPSA) is 63.8 Å². The molecule has 0 bridgehead atoms. The number of thioether (sulfide) groups is 2. The third-order valence-corrected chi connectivity index (χ3v) is 26.7. The summed E-state index contributed by atoms with van der Waals surface area (Å²) in [5, 5.41) is 9.97. The smallest absolute Gasteiger partial charge is 0.0517 e. The van der Waals surface area contributed by atoms with Gasteiger partial charge >= 0.3 is 0 Å². The van der Waals surface area contributed by atoms with Crippen LogP contribution in [0.2, 0.25) is 0 Å². The van der Waals surface area contributed by atoms with Crippen LogP contribution in [0.15, 0.2) is 12.2 Å². The molecule has 0 unspecified atom stereocenters. The van der Waals surface area contributed by atoms with Crippen LogP contribution in [0.4, 0.5) is 0 Å². The molecule has 8 aliphatic heterocycles.